The minimum Gasteiger partial charge on any atom is -0.483 e. The van der Waals surface area contributed by atoms with Crippen molar-refractivity contribution in [2.45, 2.75) is 56.5 Å². The van der Waals surface area contributed by atoms with Crippen LogP contribution < -0.4 is 9.64 Å². The summed E-state index contributed by atoms with van der Waals surface area (Å²) in [4.78, 5) is 37.1. The zero-order chi connectivity index (χ0) is 33.5. The standard InChI is InChI=1S/C33H38N6O2.CH2O2/c1-3-31(40)39-19-18-38(21-25(39)15-16-34)32-29-14-13-24(28-12-6-9-23-8-4-5-11-27(23)28)20-30(29)35-33(36-32)41-22-26-10-7-17-37(26)2;2-1-3/h3-6,8-9,11-12,24-26H,1,7,10,13-15,17-22H2,2H3;1H,(H,2,3)/t24-,25-,26-;/m0./s1/i1D2,3D;. The monoisotopic (exact) mass is 599 g/mol. The van der Waals surface area contributed by atoms with Crippen molar-refractivity contribution in [1.82, 2.24) is 19.8 Å². The lowest BCUT2D eigenvalue weighted by atomic mass is 9.80. The number of benzene rings is 2. The Bertz CT molecular complexity index is 1670. The molecule has 0 unspecified atom stereocenters. The Morgan fingerprint density at radius 2 is 2.02 bits per heavy atom. The van der Waals surface area contributed by atoms with Crippen LogP contribution in [0.25, 0.3) is 10.8 Å². The van der Waals surface area contributed by atoms with E-state index < -0.39 is 24.5 Å². The van der Waals surface area contributed by atoms with Gasteiger partial charge in [0, 0.05) is 31.2 Å². The van der Waals surface area contributed by atoms with Crippen LogP contribution in [0.3, 0.4) is 0 Å². The first kappa shape index (κ1) is 27.1. The van der Waals surface area contributed by atoms with Gasteiger partial charge in [0.25, 0.3) is 6.47 Å². The lowest BCUT2D eigenvalue weighted by Gasteiger charge is -2.42. The van der Waals surface area contributed by atoms with Crippen LogP contribution in [-0.4, -0.2) is 89.2 Å². The average Bonchev–Trinajstić information content (AvgIpc) is 3.50. The van der Waals surface area contributed by atoms with Gasteiger partial charge in [0.1, 0.15) is 12.4 Å². The number of nitriles is 1. The van der Waals surface area contributed by atoms with Crippen molar-refractivity contribution in [3.8, 4) is 12.1 Å². The Morgan fingerprint density at radius 3 is 2.80 bits per heavy atom. The molecule has 3 aromatic rings. The number of amides is 1. The first-order valence-corrected chi connectivity index (χ1v) is 15.1. The Labute approximate surface area is 262 Å². The van der Waals surface area contributed by atoms with Crippen molar-refractivity contribution in [1.29, 1.82) is 5.26 Å². The number of hydrogen-bond acceptors (Lipinski definition) is 8. The molecule has 0 bridgehead atoms. The predicted octanol–water partition coefficient (Wildman–Crippen LogP) is 4.19. The van der Waals surface area contributed by atoms with Gasteiger partial charge in [0.05, 0.1) is 28.3 Å². The van der Waals surface area contributed by atoms with Crippen LogP contribution in [0.15, 0.2) is 55.0 Å². The minimum atomic E-state index is -0.826. The third-order valence-corrected chi connectivity index (χ3v) is 9.05. The molecule has 230 valence electrons. The van der Waals surface area contributed by atoms with Crippen LogP contribution in [0.5, 0.6) is 6.01 Å². The van der Waals surface area contributed by atoms with Crippen LogP contribution in [0, 0.1) is 11.3 Å². The fourth-order valence-corrected chi connectivity index (χ4v) is 6.80. The maximum Gasteiger partial charge on any atom is 0.318 e. The van der Waals surface area contributed by atoms with Gasteiger partial charge in [-0.25, -0.2) is 0 Å². The number of piperazine rings is 1. The molecule has 0 saturated carbocycles. The van der Waals surface area contributed by atoms with E-state index >= 15 is 0 Å². The highest BCUT2D eigenvalue weighted by Gasteiger charge is 2.34. The van der Waals surface area contributed by atoms with Crippen molar-refractivity contribution in [2.24, 2.45) is 0 Å². The summed E-state index contributed by atoms with van der Waals surface area (Å²) in [5.41, 5.74) is 3.39. The summed E-state index contributed by atoms with van der Waals surface area (Å²) in [5, 5.41) is 19.0. The third kappa shape index (κ3) is 6.68. The lowest BCUT2D eigenvalue weighted by Crippen LogP contribution is -2.55. The quantitative estimate of drug-likeness (QED) is 0.315. The van der Waals surface area contributed by atoms with Crippen LogP contribution in [0.1, 0.15) is 52.5 Å². The molecular formula is C34H40N6O4. The number of ether oxygens (including phenoxy) is 1. The fraction of sp³-hybridized carbons (Fsp3) is 0.441. The second-order valence-corrected chi connectivity index (χ2v) is 11.5. The largest absolute Gasteiger partial charge is 0.483 e. The molecule has 2 fully saturated rings. The number of likely N-dealkylation sites (N-methyl/N-ethyl adjacent to an activating group) is 1. The summed E-state index contributed by atoms with van der Waals surface area (Å²) in [6.07, 6.45) is 4.82. The highest BCUT2D eigenvalue weighted by atomic mass is 16.5. The van der Waals surface area contributed by atoms with Crippen LogP contribution in [-0.2, 0) is 22.4 Å². The molecule has 2 aliphatic heterocycles. The topological polar surface area (TPSA) is 123 Å². The molecule has 2 saturated heterocycles. The molecule has 1 amide bonds. The molecule has 0 radical (unpaired) electrons. The highest BCUT2D eigenvalue weighted by Crippen LogP contribution is 2.39. The molecule has 1 aliphatic carbocycles. The third-order valence-electron chi connectivity index (χ3n) is 9.05. The van der Waals surface area contributed by atoms with Gasteiger partial charge in [0.15, 0.2) is 0 Å². The summed E-state index contributed by atoms with van der Waals surface area (Å²) in [7, 11) is 2.12. The van der Waals surface area contributed by atoms with E-state index in [0.717, 1.165) is 55.7 Å². The zero-order valence-electron chi connectivity index (χ0n) is 28.0. The van der Waals surface area contributed by atoms with Gasteiger partial charge >= 0.3 is 6.01 Å². The van der Waals surface area contributed by atoms with E-state index in [9.17, 15) is 10.1 Å². The number of aromatic nitrogens is 2. The van der Waals surface area contributed by atoms with Gasteiger partial charge in [-0.1, -0.05) is 49.0 Å². The van der Waals surface area contributed by atoms with E-state index in [4.69, 9.17) is 28.7 Å². The molecule has 10 nitrogen and oxygen atoms in total. The van der Waals surface area contributed by atoms with Gasteiger partial charge in [-0.2, -0.15) is 15.2 Å². The number of likely N-dealkylation sites (tertiary alicyclic amines) is 1. The molecule has 1 aromatic heterocycles. The first-order valence-electron chi connectivity index (χ1n) is 16.6. The van der Waals surface area contributed by atoms with Gasteiger partial charge < -0.3 is 24.5 Å². The Balaban J connectivity index is 0.00000139. The highest BCUT2D eigenvalue weighted by molar-refractivity contribution is 5.87. The summed E-state index contributed by atoms with van der Waals surface area (Å²) in [5.74, 6) is 0.411. The van der Waals surface area contributed by atoms with Crippen molar-refractivity contribution >= 4 is 29.0 Å². The molecule has 10 heteroatoms. The molecule has 3 atom stereocenters. The molecule has 0 spiro atoms. The SMILES string of the molecule is O=CO.[2H]C([2H])=C([2H])C(=O)N1CCN(c2nc(OC[C@@H]3CCCN3C)nc3c2CC[C@H](c2cccc4ccccc24)C3)C[C@@H]1CC#N. The summed E-state index contributed by atoms with van der Waals surface area (Å²) >= 11 is 0. The normalized spacial score (nSPS) is 22.4. The fourth-order valence-electron chi connectivity index (χ4n) is 6.80. The first-order chi connectivity index (χ1) is 22.7. The van der Waals surface area contributed by atoms with Crippen LogP contribution in [0.2, 0.25) is 0 Å². The number of nitrogens with zero attached hydrogens (tertiary/aromatic N) is 6. The van der Waals surface area contributed by atoms with Gasteiger partial charge in [-0.3, -0.25) is 9.59 Å². The second kappa shape index (κ2) is 14.3. The van der Waals surface area contributed by atoms with Crippen molar-refractivity contribution in [3.63, 3.8) is 0 Å². The van der Waals surface area contributed by atoms with Crippen molar-refractivity contribution in [3.05, 3.63) is 71.9 Å². The zero-order valence-corrected chi connectivity index (χ0v) is 25.0. The van der Waals surface area contributed by atoms with Crippen molar-refractivity contribution < 1.29 is 23.5 Å². The maximum absolute atomic E-state index is 12.9. The number of hydrogen-bond donors (Lipinski definition) is 1. The Kier molecular flexibility index (Phi) is 8.82. The lowest BCUT2D eigenvalue weighted by molar-refractivity contribution is -0.128. The van der Waals surface area contributed by atoms with Gasteiger partial charge in [-0.05, 0) is 74.0 Å². The number of fused-ring (bicyclic) bond motifs is 2. The predicted molar refractivity (Wildman–Crippen MR) is 169 cm³/mol. The summed E-state index contributed by atoms with van der Waals surface area (Å²) < 4.78 is 29.1. The second-order valence-electron chi connectivity index (χ2n) is 11.5. The van der Waals surface area contributed by atoms with E-state index in [-0.39, 0.29) is 19.4 Å². The van der Waals surface area contributed by atoms with Crippen LogP contribution in [0.4, 0.5) is 5.82 Å². The molecule has 3 heterocycles. The van der Waals surface area contributed by atoms with E-state index in [0.29, 0.717) is 37.7 Å². The number of carboxylic acid groups (broad SMARTS) is 1. The van der Waals surface area contributed by atoms with E-state index in [1.807, 2.05) is 0 Å². The molecule has 44 heavy (non-hydrogen) atoms. The number of carbonyl (C=O) groups excluding carboxylic acids is 1. The number of rotatable bonds is 7. The van der Waals surface area contributed by atoms with E-state index in [1.165, 1.54) is 21.2 Å². The average molecular weight is 600 g/mol. The number of anilines is 1. The molecule has 3 aliphatic rings. The van der Waals surface area contributed by atoms with Gasteiger partial charge in [0.2, 0.25) is 5.91 Å². The van der Waals surface area contributed by atoms with Gasteiger partial charge in [-0.15, -0.1) is 0 Å². The molecule has 6 rings (SSSR count). The summed E-state index contributed by atoms with van der Waals surface area (Å²) in [6, 6.07) is 16.7. The van der Waals surface area contributed by atoms with E-state index in [2.05, 4.69) is 65.4 Å². The van der Waals surface area contributed by atoms with E-state index in [1.54, 1.807) is 0 Å². The smallest absolute Gasteiger partial charge is 0.318 e. The molecule has 2 aromatic carbocycles. The summed E-state index contributed by atoms with van der Waals surface area (Å²) in [6.45, 7) is 1.57. The molecule has 1 N–H and O–H groups in total. The Morgan fingerprint density at radius 1 is 1.20 bits per heavy atom. The van der Waals surface area contributed by atoms with Crippen LogP contribution >= 0.6 is 0 Å². The minimum absolute atomic E-state index is 0.0780. The number of carbonyl (C=O) groups is 2. The maximum atomic E-state index is 12.9. The van der Waals surface area contributed by atoms with Crippen molar-refractivity contribution in [2.75, 3.05) is 44.7 Å². The molecular weight excluding hydrogens is 556 g/mol. The Hall–Kier alpha value is -4.49.